The monoisotopic (exact) mass is 368 g/mol. The van der Waals surface area contributed by atoms with E-state index in [4.69, 9.17) is 14.7 Å². The molecule has 1 atom stereocenters. The highest BCUT2D eigenvalue weighted by Gasteiger charge is 2.26. The second kappa shape index (κ2) is 9.63. The van der Waals surface area contributed by atoms with E-state index in [0.717, 1.165) is 12.0 Å². The lowest BCUT2D eigenvalue weighted by atomic mass is 9.89. The summed E-state index contributed by atoms with van der Waals surface area (Å²) in [5.41, 5.74) is 1.85. The molecule has 144 valence electrons. The molecule has 1 N–H and O–H groups in total. The second-order valence-electron chi connectivity index (χ2n) is 7.18. The van der Waals surface area contributed by atoms with Gasteiger partial charge in [0.15, 0.2) is 0 Å². The molecule has 5 nitrogen and oxygen atoms in total. The zero-order valence-corrected chi connectivity index (χ0v) is 16.4. The predicted octanol–water partition coefficient (Wildman–Crippen LogP) is 4.74. The molecule has 1 amide bonds. The van der Waals surface area contributed by atoms with Gasteiger partial charge in [0.1, 0.15) is 11.4 Å². The average Bonchev–Trinajstić information content (AvgIpc) is 2.61. The number of hydrogen-bond acceptors (Lipinski definition) is 4. The quantitative estimate of drug-likeness (QED) is 0.520. The molecule has 1 heterocycles. The molecule has 0 fully saturated rings. The van der Waals surface area contributed by atoms with E-state index in [0.29, 0.717) is 35.6 Å². The summed E-state index contributed by atoms with van der Waals surface area (Å²) in [7, 11) is 0. The summed E-state index contributed by atoms with van der Waals surface area (Å²) in [6, 6.07) is 1.95. The van der Waals surface area contributed by atoms with Crippen LogP contribution in [0.2, 0.25) is 0 Å². The van der Waals surface area contributed by atoms with Crippen LogP contribution in [0.4, 0.5) is 4.79 Å². The largest absolute Gasteiger partial charge is 0.493 e. The van der Waals surface area contributed by atoms with Crippen LogP contribution in [0, 0.1) is 17.2 Å². The molecule has 0 radical (unpaired) electrons. The highest BCUT2D eigenvalue weighted by molar-refractivity contribution is 5.67. The second-order valence-corrected chi connectivity index (χ2v) is 7.18. The molecule has 0 aliphatic carbocycles. The summed E-state index contributed by atoms with van der Waals surface area (Å²) in [6.07, 6.45) is 5.24. The molecule has 1 unspecified atom stereocenters. The number of amides is 1. The van der Waals surface area contributed by atoms with E-state index in [1.807, 2.05) is 26.8 Å². The van der Waals surface area contributed by atoms with Crippen molar-refractivity contribution >= 4 is 6.09 Å². The third kappa shape index (κ3) is 7.02. The molecule has 27 heavy (non-hydrogen) atoms. The van der Waals surface area contributed by atoms with Crippen molar-refractivity contribution in [1.82, 2.24) is 5.32 Å². The van der Waals surface area contributed by atoms with Crippen LogP contribution in [-0.4, -0.2) is 24.8 Å². The van der Waals surface area contributed by atoms with Crippen LogP contribution in [0.5, 0.6) is 0 Å². The minimum atomic E-state index is -0.548. The van der Waals surface area contributed by atoms with E-state index in [1.165, 1.54) is 0 Å². The SMILES string of the molecule is C=CC1=C(C(=C)C(=C)/C=C\C(=C)C#N)OCCC1CNC(=O)OC(C)(C)C. The molecule has 0 aromatic carbocycles. The number of alkyl carbamates (subject to hydrolysis) is 1. The summed E-state index contributed by atoms with van der Waals surface area (Å²) in [5, 5.41) is 11.6. The Morgan fingerprint density at radius 1 is 1.37 bits per heavy atom. The zero-order valence-electron chi connectivity index (χ0n) is 16.4. The Labute approximate surface area is 162 Å². The van der Waals surface area contributed by atoms with E-state index in [-0.39, 0.29) is 5.92 Å². The number of ether oxygens (including phenoxy) is 2. The molecular weight excluding hydrogens is 340 g/mol. The first-order chi connectivity index (χ1) is 12.6. The van der Waals surface area contributed by atoms with E-state index >= 15 is 0 Å². The van der Waals surface area contributed by atoms with E-state index < -0.39 is 11.7 Å². The van der Waals surface area contributed by atoms with Crippen molar-refractivity contribution in [2.24, 2.45) is 5.92 Å². The fourth-order valence-corrected chi connectivity index (χ4v) is 2.47. The van der Waals surface area contributed by atoms with Gasteiger partial charge in [-0.3, -0.25) is 0 Å². The smallest absolute Gasteiger partial charge is 0.407 e. The van der Waals surface area contributed by atoms with Crippen molar-refractivity contribution in [2.45, 2.75) is 32.8 Å². The first-order valence-electron chi connectivity index (χ1n) is 8.71. The van der Waals surface area contributed by atoms with Crippen molar-refractivity contribution in [3.8, 4) is 6.07 Å². The summed E-state index contributed by atoms with van der Waals surface area (Å²) >= 11 is 0. The Hall–Kier alpha value is -3.00. The Balaban J connectivity index is 2.90. The molecule has 0 saturated carbocycles. The van der Waals surface area contributed by atoms with Gasteiger partial charge < -0.3 is 14.8 Å². The van der Waals surface area contributed by atoms with Gasteiger partial charge in [-0.05, 0) is 44.4 Å². The standard InChI is InChI=1S/C22H28N2O3/c1-8-19-18(14-24-21(25)27-22(5,6)7)11-12-26-20(19)17(4)16(3)10-9-15(2)13-23/h8-10,18H,1-4,11-12,14H2,5-7H3,(H,24,25)/b10-9-. The van der Waals surface area contributed by atoms with E-state index in [9.17, 15) is 4.79 Å². The van der Waals surface area contributed by atoms with Crippen molar-refractivity contribution in [1.29, 1.82) is 5.26 Å². The minimum Gasteiger partial charge on any atom is -0.493 e. The lowest BCUT2D eigenvalue weighted by Gasteiger charge is -2.29. The van der Waals surface area contributed by atoms with Gasteiger partial charge in [-0.1, -0.05) is 38.5 Å². The summed E-state index contributed by atoms with van der Waals surface area (Å²) in [6.45, 7) is 21.8. The molecule has 1 rings (SSSR count). The Bertz CT molecular complexity index is 743. The number of nitriles is 1. The van der Waals surface area contributed by atoms with Gasteiger partial charge in [-0.2, -0.15) is 5.26 Å². The van der Waals surface area contributed by atoms with E-state index in [1.54, 1.807) is 18.2 Å². The summed E-state index contributed by atoms with van der Waals surface area (Å²) < 4.78 is 11.1. The van der Waals surface area contributed by atoms with Crippen LogP contribution in [-0.2, 0) is 9.47 Å². The van der Waals surface area contributed by atoms with Gasteiger partial charge in [-0.25, -0.2) is 4.79 Å². The lowest BCUT2D eigenvalue weighted by Crippen LogP contribution is -2.36. The molecule has 0 spiro atoms. The van der Waals surface area contributed by atoms with Gasteiger partial charge in [0.05, 0.1) is 12.7 Å². The molecule has 0 bridgehead atoms. The fourth-order valence-electron chi connectivity index (χ4n) is 2.47. The third-order valence-corrected chi connectivity index (χ3v) is 3.82. The van der Waals surface area contributed by atoms with Crippen molar-refractivity contribution in [3.63, 3.8) is 0 Å². The maximum absolute atomic E-state index is 11.9. The number of carbonyl (C=O) groups excluding carboxylic acids is 1. The number of rotatable bonds is 7. The maximum Gasteiger partial charge on any atom is 0.407 e. The number of nitrogens with zero attached hydrogens (tertiary/aromatic N) is 1. The van der Waals surface area contributed by atoms with Gasteiger partial charge >= 0.3 is 6.09 Å². The minimum absolute atomic E-state index is 0.0290. The van der Waals surface area contributed by atoms with Gasteiger partial charge in [0, 0.05) is 23.6 Å². The number of hydrogen-bond donors (Lipinski definition) is 1. The van der Waals surface area contributed by atoms with Gasteiger partial charge in [0.2, 0.25) is 0 Å². The first-order valence-corrected chi connectivity index (χ1v) is 8.71. The first kappa shape index (κ1) is 22.0. The van der Waals surface area contributed by atoms with E-state index in [2.05, 4.69) is 31.6 Å². The van der Waals surface area contributed by atoms with Crippen molar-refractivity contribution in [3.05, 3.63) is 72.6 Å². The Kier molecular flexibility index (Phi) is 7.86. The number of carbonyl (C=O) groups is 1. The van der Waals surface area contributed by atoms with Crippen LogP contribution in [0.1, 0.15) is 27.2 Å². The van der Waals surface area contributed by atoms with Gasteiger partial charge in [0.25, 0.3) is 0 Å². The molecule has 0 aromatic rings. The maximum atomic E-state index is 11.9. The predicted molar refractivity (Wildman–Crippen MR) is 108 cm³/mol. The molecule has 1 aliphatic rings. The molecule has 0 saturated heterocycles. The van der Waals surface area contributed by atoms with Gasteiger partial charge in [-0.15, -0.1) is 0 Å². The molecular formula is C22H28N2O3. The van der Waals surface area contributed by atoms with Crippen LogP contribution < -0.4 is 5.32 Å². The third-order valence-electron chi connectivity index (χ3n) is 3.82. The van der Waals surface area contributed by atoms with Crippen LogP contribution in [0.15, 0.2) is 72.6 Å². The van der Waals surface area contributed by atoms with Crippen molar-refractivity contribution < 1.29 is 14.3 Å². The highest BCUT2D eigenvalue weighted by Crippen LogP contribution is 2.32. The van der Waals surface area contributed by atoms with Crippen molar-refractivity contribution in [2.75, 3.05) is 13.2 Å². The lowest BCUT2D eigenvalue weighted by molar-refractivity contribution is 0.0516. The van der Waals surface area contributed by atoms with Crippen LogP contribution in [0.3, 0.4) is 0 Å². The normalized spacial score (nSPS) is 16.9. The summed E-state index contributed by atoms with van der Waals surface area (Å²) in [5.74, 6) is 0.630. The average molecular weight is 368 g/mol. The number of allylic oxidation sites excluding steroid dienone is 5. The molecule has 5 heteroatoms. The Morgan fingerprint density at radius 3 is 2.59 bits per heavy atom. The molecule has 0 aromatic heterocycles. The number of nitrogens with one attached hydrogen (secondary N) is 1. The summed E-state index contributed by atoms with van der Waals surface area (Å²) in [4.78, 5) is 11.9. The highest BCUT2D eigenvalue weighted by atomic mass is 16.6. The van der Waals surface area contributed by atoms with Crippen LogP contribution in [0.25, 0.3) is 0 Å². The fraction of sp³-hybridized carbons (Fsp3) is 0.364. The topological polar surface area (TPSA) is 71.3 Å². The molecule has 1 aliphatic heterocycles. The zero-order chi connectivity index (χ0) is 20.6. The van der Waals surface area contributed by atoms with Crippen LogP contribution >= 0.6 is 0 Å². The Morgan fingerprint density at radius 2 is 2.04 bits per heavy atom.